The quantitative estimate of drug-likeness (QED) is 0.852. The summed E-state index contributed by atoms with van der Waals surface area (Å²) in [6.07, 6.45) is 4.46. The van der Waals surface area contributed by atoms with Gasteiger partial charge in [0.1, 0.15) is 0 Å². The summed E-state index contributed by atoms with van der Waals surface area (Å²) in [5.41, 5.74) is 1.89. The molecule has 4 nitrogen and oxygen atoms in total. The molecule has 4 heteroatoms. The molecule has 98 valence electrons. The van der Waals surface area contributed by atoms with Gasteiger partial charge in [0.2, 0.25) is 5.91 Å². The number of rotatable bonds is 3. The van der Waals surface area contributed by atoms with Crippen molar-refractivity contribution < 1.29 is 4.79 Å². The molecule has 2 heterocycles. The van der Waals surface area contributed by atoms with Crippen molar-refractivity contribution >= 4 is 5.91 Å². The zero-order valence-electron chi connectivity index (χ0n) is 10.9. The van der Waals surface area contributed by atoms with Crippen LogP contribution in [0.25, 0.3) is 0 Å². The first-order chi connectivity index (χ1) is 8.75. The van der Waals surface area contributed by atoms with Crippen LogP contribution in [0.15, 0.2) is 18.2 Å². The summed E-state index contributed by atoms with van der Waals surface area (Å²) in [5.74, 6) is 0.0974. The molecule has 0 aliphatic carbocycles. The van der Waals surface area contributed by atoms with Crippen LogP contribution in [-0.2, 0) is 11.3 Å². The second kappa shape index (κ2) is 6.50. The third-order valence-electron chi connectivity index (χ3n) is 3.27. The average Bonchev–Trinajstić information content (AvgIpc) is 2.65. The summed E-state index contributed by atoms with van der Waals surface area (Å²) in [6.45, 7) is 3.41. The second-order valence-electron chi connectivity index (χ2n) is 4.84. The molecule has 2 N–H and O–H groups in total. The summed E-state index contributed by atoms with van der Waals surface area (Å²) in [7, 11) is 0. The van der Waals surface area contributed by atoms with Crippen molar-refractivity contribution in [1.82, 2.24) is 15.6 Å². The molecular formula is C14H21N3O. The Kier molecular flexibility index (Phi) is 4.70. The van der Waals surface area contributed by atoms with E-state index in [1.165, 1.54) is 12.8 Å². The fourth-order valence-electron chi connectivity index (χ4n) is 2.25. The molecule has 1 unspecified atom stereocenters. The van der Waals surface area contributed by atoms with Crippen LogP contribution in [-0.4, -0.2) is 23.5 Å². The van der Waals surface area contributed by atoms with E-state index in [-0.39, 0.29) is 11.9 Å². The molecule has 1 amide bonds. The minimum atomic E-state index is -0.0303. The number of nitrogens with one attached hydrogen (secondary N) is 2. The van der Waals surface area contributed by atoms with Crippen molar-refractivity contribution in [2.45, 2.75) is 45.2 Å². The highest BCUT2D eigenvalue weighted by atomic mass is 16.2. The first kappa shape index (κ1) is 13.0. The lowest BCUT2D eigenvalue weighted by Gasteiger charge is -2.15. The SMILES string of the molecule is Cc1cccc(CNC(=O)C2CCCCCN2)n1. The number of hydrogen-bond donors (Lipinski definition) is 2. The van der Waals surface area contributed by atoms with Crippen molar-refractivity contribution in [3.8, 4) is 0 Å². The van der Waals surface area contributed by atoms with E-state index in [9.17, 15) is 4.79 Å². The molecule has 1 aliphatic heterocycles. The Morgan fingerprint density at radius 2 is 2.33 bits per heavy atom. The van der Waals surface area contributed by atoms with Crippen LogP contribution in [0.1, 0.15) is 37.1 Å². The van der Waals surface area contributed by atoms with Crippen LogP contribution in [0.3, 0.4) is 0 Å². The standard InChI is InChI=1S/C14H21N3O/c1-11-6-5-7-12(17-11)10-16-14(18)13-8-3-2-4-9-15-13/h5-7,13,15H,2-4,8-10H2,1H3,(H,16,18). The van der Waals surface area contributed by atoms with Gasteiger partial charge in [-0.3, -0.25) is 9.78 Å². The Bertz CT molecular complexity index is 398. The Morgan fingerprint density at radius 1 is 1.44 bits per heavy atom. The van der Waals surface area contributed by atoms with Crippen molar-refractivity contribution in [2.24, 2.45) is 0 Å². The summed E-state index contributed by atoms with van der Waals surface area (Å²) in [6, 6.07) is 5.83. The number of nitrogens with zero attached hydrogens (tertiary/aromatic N) is 1. The number of pyridine rings is 1. The minimum absolute atomic E-state index is 0.0303. The van der Waals surface area contributed by atoms with Crippen LogP contribution < -0.4 is 10.6 Å². The van der Waals surface area contributed by atoms with Gasteiger partial charge < -0.3 is 10.6 Å². The Labute approximate surface area is 108 Å². The maximum atomic E-state index is 12.0. The molecule has 0 bridgehead atoms. The van der Waals surface area contributed by atoms with E-state index in [0.29, 0.717) is 6.54 Å². The Balaban J connectivity index is 1.83. The Hall–Kier alpha value is -1.42. The maximum Gasteiger partial charge on any atom is 0.237 e. The van der Waals surface area contributed by atoms with Gasteiger partial charge in [-0.15, -0.1) is 0 Å². The highest BCUT2D eigenvalue weighted by molar-refractivity contribution is 5.81. The summed E-state index contributed by atoms with van der Waals surface area (Å²) >= 11 is 0. The van der Waals surface area contributed by atoms with E-state index < -0.39 is 0 Å². The van der Waals surface area contributed by atoms with E-state index in [1.54, 1.807) is 0 Å². The van der Waals surface area contributed by atoms with Gasteiger partial charge in [-0.1, -0.05) is 18.9 Å². The van der Waals surface area contributed by atoms with Crippen LogP contribution in [0, 0.1) is 6.92 Å². The van der Waals surface area contributed by atoms with E-state index in [2.05, 4.69) is 15.6 Å². The normalized spacial score (nSPS) is 20.2. The molecule has 0 radical (unpaired) electrons. The lowest BCUT2D eigenvalue weighted by atomic mass is 10.1. The number of carbonyl (C=O) groups excluding carboxylic acids is 1. The van der Waals surface area contributed by atoms with Gasteiger partial charge in [0, 0.05) is 5.69 Å². The molecule has 1 aromatic heterocycles. The second-order valence-corrected chi connectivity index (χ2v) is 4.84. The van der Waals surface area contributed by atoms with Gasteiger partial charge in [-0.05, 0) is 38.4 Å². The first-order valence-electron chi connectivity index (χ1n) is 6.69. The number of carbonyl (C=O) groups is 1. The third-order valence-corrected chi connectivity index (χ3v) is 3.27. The van der Waals surface area contributed by atoms with Crippen molar-refractivity contribution in [2.75, 3.05) is 6.54 Å². The van der Waals surface area contributed by atoms with Crippen LogP contribution in [0.2, 0.25) is 0 Å². The summed E-state index contributed by atoms with van der Waals surface area (Å²) < 4.78 is 0. The zero-order valence-corrected chi connectivity index (χ0v) is 10.9. The van der Waals surface area contributed by atoms with Gasteiger partial charge in [-0.25, -0.2) is 0 Å². The number of aromatic nitrogens is 1. The molecule has 2 rings (SSSR count). The molecule has 1 atom stereocenters. The van der Waals surface area contributed by atoms with Crippen LogP contribution >= 0.6 is 0 Å². The fourth-order valence-corrected chi connectivity index (χ4v) is 2.25. The number of aryl methyl sites for hydroxylation is 1. The third kappa shape index (κ3) is 3.81. The predicted octanol–water partition coefficient (Wildman–Crippen LogP) is 1.54. The van der Waals surface area contributed by atoms with E-state index in [1.807, 2.05) is 25.1 Å². The minimum Gasteiger partial charge on any atom is -0.349 e. The average molecular weight is 247 g/mol. The van der Waals surface area contributed by atoms with Gasteiger partial charge in [0.25, 0.3) is 0 Å². The predicted molar refractivity (Wildman–Crippen MR) is 71.1 cm³/mol. The monoisotopic (exact) mass is 247 g/mol. The fraction of sp³-hybridized carbons (Fsp3) is 0.571. The van der Waals surface area contributed by atoms with Crippen molar-refractivity contribution in [3.63, 3.8) is 0 Å². The van der Waals surface area contributed by atoms with E-state index in [4.69, 9.17) is 0 Å². The van der Waals surface area contributed by atoms with Gasteiger partial charge in [0.05, 0.1) is 18.3 Å². The highest BCUT2D eigenvalue weighted by Gasteiger charge is 2.18. The molecule has 0 aromatic carbocycles. The van der Waals surface area contributed by atoms with Gasteiger partial charge in [0.15, 0.2) is 0 Å². The van der Waals surface area contributed by atoms with Crippen molar-refractivity contribution in [1.29, 1.82) is 0 Å². The molecule has 0 saturated carbocycles. The zero-order chi connectivity index (χ0) is 12.8. The molecule has 1 fully saturated rings. The summed E-state index contributed by atoms with van der Waals surface area (Å²) in [5, 5.41) is 6.26. The summed E-state index contributed by atoms with van der Waals surface area (Å²) in [4.78, 5) is 16.4. The highest BCUT2D eigenvalue weighted by Crippen LogP contribution is 2.08. The maximum absolute atomic E-state index is 12.0. The van der Waals surface area contributed by atoms with E-state index >= 15 is 0 Å². The molecule has 0 spiro atoms. The van der Waals surface area contributed by atoms with Crippen molar-refractivity contribution in [3.05, 3.63) is 29.6 Å². The smallest absolute Gasteiger partial charge is 0.237 e. The number of hydrogen-bond acceptors (Lipinski definition) is 3. The molecule has 1 aliphatic rings. The lowest BCUT2D eigenvalue weighted by molar-refractivity contribution is -0.123. The first-order valence-corrected chi connectivity index (χ1v) is 6.69. The lowest BCUT2D eigenvalue weighted by Crippen LogP contribution is -2.43. The molecule has 18 heavy (non-hydrogen) atoms. The molecule has 1 aromatic rings. The Morgan fingerprint density at radius 3 is 3.17 bits per heavy atom. The molecule has 1 saturated heterocycles. The van der Waals surface area contributed by atoms with Gasteiger partial charge >= 0.3 is 0 Å². The molecular weight excluding hydrogens is 226 g/mol. The van der Waals surface area contributed by atoms with E-state index in [0.717, 1.165) is 30.8 Å². The largest absolute Gasteiger partial charge is 0.349 e. The topological polar surface area (TPSA) is 54.0 Å². The van der Waals surface area contributed by atoms with Gasteiger partial charge in [-0.2, -0.15) is 0 Å². The van der Waals surface area contributed by atoms with Crippen LogP contribution in [0.5, 0.6) is 0 Å². The van der Waals surface area contributed by atoms with Crippen LogP contribution in [0.4, 0.5) is 0 Å². The number of amides is 1.